The highest BCUT2D eigenvalue weighted by Gasteiger charge is 2.28. The van der Waals surface area contributed by atoms with Crippen LogP contribution in [0, 0.1) is 5.92 Å². The Balaban J connectivity index is 1.57. The number of ether oxygens (including phenoxy) is 2. The topological polar surface area (TPSA) is 85.7 Å². The van der Waals surface area contributed by atoms with Crippen LogP contribution in [0.5, 0.6) is 11.5 Å². The molecule has 1 fully saturated rings. The minimum Gasteiger partial charge on any atom is -0.493 e. The average molecular weight is 372 g/mol. The van der Waals surface area contributed by atoms with Gasteiger partial charge in [-0.05, 0) is 24.1 Å². The Morgan fingerprint density at radius 3 is 2.74 bits per heavy atom. The molecule has 0 spiro atoms. The summed E-state index contributed by atoms with van der Waals surface area (Å²) >= 11 is 0. The Kier molecular flexibility index (Phi) is 5.63. The van der Waals surface area contributed by atoms with Crippen LogP contribution in [0.15, 0.2) is 35.3 Å². The van der Waals surface area contributed by atoms with Gasteiger partial charge in [0.2, 0.25) is 5.91 Å². The van der Waals surface area contributed by atoms with E-state index < -0.39 is 0 Å². The van der Waals surface area contributed by atoms with Crippen molar-refractivity contribution in [1.29, 1.82) is 0 Å². The van der Waals surface area contributed by atoms with E-state index in [1.165, 1.54) is 4.68 Å². The molecule has 0 radical (unpaired) electrons. The molecular formula is C19H24N4O4. The van der Waals surface area contributed by atoms with Crippen LogP contribution in [0.1, 0.15) is 12.0 Å². The van der Waals surface area contributed by atoms with Crippen molar-refractivity contribution in [3.63, 3.8) is 0 Å². The van der Waals surface area contributed by atoms with Crippen molar-refractivity contribution in [3.05, 3.63) is 46.4 Å². The van der Waals surface area contributed by atoms with E-state index in [-0.39, 0.29) is 17.4 Å². The molecule has 3 rings (SSSR count). The van der Waals surface area contributed by atoms with Crippen LogP contribution in [0.3, 0.4) is 0 Å². The van der Waals surface area contributed by atoms with E-state index in [1.54, 1.807) is 33.5 Å². The quantitative estimate of drug-likeness (QED) is 0.812. The Morgan fingerprint density at radius 1 is 1.26 bits per heavy atom. The number of rotatable bonds is 6. The molecule has 27 heavy (non-hydrogen) atoms. The van der Waals surface area contributed by atoms with Crippen LogP contribution in [0.25, 0.3) is 0 Å². The number of carbonyl (C=O) groups is 1. The van der Waals surface area contributed by atoms with E-state index in [2.05, 4.69) is 10.4 Å². The molecule has 144 valence electrons. The molecule has 1 saturated heterocycles. The smallest absolute Gasteiger partial charge is 0.268 e. The van der Waals surface area contributed by atoms with Gasteiger partial charge in [0.1, 0.15) is 0 Å². The number of nitrogens with one attached hydrogen (secondary N) is 1. The molecule has 1 unspecified atom stereocenters. The molecular weight excluding hydrogens is 348 g/mol. The fraction of sp³-hybridized carbons (Fsp3) is 0.421. The minimum atomic E-state index is -0.158. The molecule has 1 aromatic carbocycles. The van der Waals surface area contributed by atoms with E-state index in [0.29, 0.717) is 24.6 Å². The van der Waals surface area contributed by atoms with Crippen molar-refractivity contribution in [2.75, 3.05) is 32.2 Å². The monoisotopic (exact) mass is 372 g/mol. The van der Waals surface area contributed by atoms with Crippen LogP contribution in [0.2, 0.25) is 0 Å². The Labute approximate surface area is 157 Å². The number of aromatic nitrogens is 2. The number of hydrogen-bond donors (Lipinski definition) is 1. The number of carbonyl (C=O) groups excluding carboxylic acids is 1. The number of anilines is 1. The molecule has 2 aromatic rings. The molecule has 1 aliphatic rings. The van der Waals surface area contributed by atoms with E-state index >= 15 is 0 Å². The van der Waals surface area contributed by atoms with Gasteiger partial charge in [0.25, 0.3) is 5.56 Å². The lowest BCUT2D eigenvalue weighted by atomic mass is 10.1. The first-order chi connectivity index (χ1) is 13.0. The maximum absolute atomic E-state index is 12.5. The van der Waals surface area contributed by atoms with Crippen LogP contribution >= 0.6 is 0 Å². The number of amides is 1. The van der Waals surface area contributed by atoms with Gasteiger partial charge in [-0.25, -0.2) is 4.68 Å². The molecule has 0 aliphatic carbocycles. The van der Waals surface area contributed by atoms with Gasteiger partial charge in [-0.2, -0.15) is 5.10 Å². The second-order valence-electron chi connectivity index (χ2n) is 6.51. The summed E-state index contributed by atoms with van der Waals surface area (Å²) in [4.78, 5) is 26.3. The number of methoxy groups -OCH3 is 2. The molecule has 1 aliphatic heterocycles. The van der Waals surface area contributed by atoms with Crippen molar-refractivity contribution >= 4 is 11.6 Å². The third-order valence-corrected chi connectivity index (χ3v) is 4.79. The first-order valence-electron chi connectivity index (χ1n) is 8.78. The number of nitrogens with zero attached hydrogens (tertiary/aromatic N) is 3. The van der Waals surface area contributed by atoms with E-state index in [9.17, 15) is 9.59 Å². The predicted molar refractivity (Wildman–Crippen MR) is 101 cm³/mol. The van der Waals surface area contributed by atoms with Crippen LogP contribution in [-0.4, -0.2) is 43.0 Å². The largest absolute Gasteiger partial charge is 0.493 e. The highest BCUT2D eigenvalue weighted by molar-refractivity contribution is 5.80. The third-order valence-electron chi connectivity index (χ3n) is 4.79. The van der Waals surface area contributed by atoms with Crippen molar-refractivity contribution < 1.29 is 14.3 Å². The summed E-state index contributed by atoms with van der Waals surface area (Å²) in [5.74, 6) is 1.18. The summed E-state index contributed by atoms with van der Waals surface area (Å²) in [5, 5.41) is 7.02. The zero-order valence-corrected chi connectivity index (χ0v) is 15.8. The lowest BCUT2D eigenvalue weighted by molar-refractivity contribution is -0.124. The van der Waals surface area contributed by atoms with Crippen molar-refractivity contribution in [3.8, 4) is 11.5 Å². The number of benzene rings is 1. The molecule has 1 atom stereocenters. The summed E-state index contributed by atoms with van der Waals surface area (Å²) in [6.07, 6.45) is 2.40. The van der Waals surface area contributed by atoms with Gasteiger partial charge in [0.05, 0.1) is 32.0 Å². The summed E-state index contributed by atoms with van der Waals surface area (Å²) < 4.78 is 11.8. The first kappa shape index (κ1) is 18.8. The Bertz CT molecular complexity index is 880. The van der Waals surface area contributed by atoms with Gasteiger partial charge in [-0.1, -0.05) is 6.07 Å². The summed E-state index contributed by atoms with van der Waals surface area (Å²) in [6.45, 7) is 1.72. The van der Waals surface area contributed by atoms with Crippen LogP contribution in [0.4, 0.5) is 5.69 Å². The second kappa shape index (κ2) is 8.11. The lowest BCUT2D eigenvalue weighted by Gasteiger charge is -2.18. The molecule has 1 aromatic heterocycles. The molecule has 8 heteroatoms. The van der Waals surface area contributed by atoms with Crippen molar-refractivity contribution in [1.82, 2.24) is 15.1 Å². The maximum Gasteiger partial charge on any atom is 0.268 e. The normalized spacial score (nSPS) is 16.3. The highest BCUT2D eigenvalue weighted by Crippen LogP contribution is 2.27. The Hall–Kier alpha value is -3.03. The van der Waals surface area contributed by atoms with Gasteiger partial charge in [0, 0.05) is 32.7 Å². The van der Waals surface area contributed by atoms with E-state index in [1.807, 2.05) is 23.1 Å². The zero-order chi connectivity index (χ0) is 19.4. The van der Waals surface area contributed by atoms with Gasteiger partial charge in [0.15, 0.2) is 11.5 Å². The van der Waals surface area contributed by atoms with E-state index in [0.717, 1.165) is 24.2 Å². The van der Waals surface area contributed by atoms with Crippen molar-refractivity contribution in [2.45, 2.75) is 13.0 Å². The lowest BCUT2D eigenvalue weighted by Crippen LogP contribution is -2.32. The van der Waals surface area contributed by atoms with E-state index in [4.69, 9.17) is 9.47 Å². The zero-order valence-electron chi connectivity index (χ0n) is 15.8. The SMILES string of the molecule is COc1ccc(CNC(=O)C2CCN(c3cnn(C)c(=O)c3)C2)cc1OC. The average Bonchev–Trinajstić information content (AvgIpc) is 3.18. The summed E-state index contributed by atoms with van der Waals surface area (Å²) in [6, 6.07) is 7.12. The molecule has 8 nitrogen and oxygen atoms in total. The molecule has 0 bridgehead atoms. The second-order valence-corrected chi connectivity index (χ2v) is 6.51. The first-order valence-corrected chi connectivity index (χ1v) is 8.78. The molecule has 1 N–H and O–H groups in total. The minimum absolute atomic E-state index is 0.00378. The Morgan fingerprint density at radius 2 is 2.04 bits per heavy atom. The highest BCUT2D eigenvalue weighted by atomic mass is 16.5. The molecule has 2 heterocycles. The van der Waals surface area contributed by atoms with Crippen LogP contribution < -0.4 is 25.2 Å². The summed E-state index contributed by atoms with van der Waals surface area (Å²) in [5.41, 5.74) is 1.54. The van der Waals surface area contributed by atoms with Gasteiger partial charge in [-0.3, -0.25) is 9.59 Å². The third kappa shape index (κ3) is 4.21. The summed E-state index contributed by atoms with van der Waals surface area (Å²) in [7, 11) is 4.78. The molecule has 1 amide bonds. The maximum atomic E-state index is 12.5. The van der Waals surface area contributed by atoms with Crippen molar-refractivity contribution in [2.24, 2.45) is 13.0 Å². The fourth-order valence-electron chi connectivity index (χ4n) is 3.17. The van der Waals surface area contributed by atoms with Crippen LogP contribution in [-0.2, 0) is 18.4 Å². The fourth-order valence-corrected chi connectivity index (χ4v) is 3.17. The standard InChI is InChI=1S/C19H24N4O4/c1-22-18(24)9-15(11-21-22)23-7-6-14(12-23)19(25)20-10-13-4-5-16(26-2)17(8-13)27-3/h4-5,8-9,11,14H,6-7,10,12H2,1-3H3,(H,20,25). The number of aryl methyl sites for hydroxylation is 1. The van der Waals surface area contributed by atoms with Gasteiger partial charge >= 0.3 is 0 Å². The number of hydrogen-bond acceptors (Lipinski definition) is 6. The van der Waals surface area contributed by atoms with Gasteiger partial charge < -0.3 is 19.7 Å². The predicted octanol–water partition coefficient (Wildman–Crippen LogP) is 0.940. The van der Waals surface area contributed by atoms with Gasteiger partial charge in [-0.15, -0.1) is 0 Å². The molecule has 0 saturated carbocycles.